The van der Waals surface area contributed by atoms with Crippen LogP contribution in [-0.4, -0.2) is 24.0 Å². The van der Waals surface area contributed by atoms with Crippen molar-refractivity contribution in [1.29, 1.82) is 0 Å². The molecule has 0 aliphatic carbocycles. The summed E-state index contributed by atoms with van der Waals surface area (Å²) in [5.74, 6) is 0. The van der Waals surface area contributed by atoms with Crippen molar-refractivity contribution in [1.82, 2.24) is 9.88 Å². The van der Waals surface area contributed by atoms with Crippen molar-refractivity contribution in [3.8, 4) is 0 Å². The molecule has 0 saturated carbocycles. The minimum Gasteiger partial charge on any atom is -0.360 e. The van der Waals surface area contributed by atoms with Crippen molar-refractivity contribution in [2.24, 2.45) is 5.73 Å². The van der Waals surface area contributed by atoms with E-state index in [2.05, 4.69) is 43.0 Å². The van der Waals surface area contributed by atoms with Crippen LogP contribution in [-0.2, 0) is 6.54 Å². The number of rotatable bonds is 4. The van der Waals surface area contributed by atoms with Gasteiger partial charge in [0.25, 0.3) is 0 Å². The summed E-state index contributed by atoms with van der Waals surface area (Å²) in [6.45, 7) is 3.04. The monoisotopic (exact) mass is 181 g/mol. The highest BCUT2D eigenvalue weighted by Crippen LogP contribution is 2.13. The van der Waals surface area contributed by atoms with E-state index in [-0.39, 0.29) is 6.04 Å². The molecule has 1 aromatic heterocycles. The molecule has 3 heteroatoms. The summed E-state index contributed by atoms with van der Waals surface area (Å²) in [5.41, 5.74) is 8.26. The molecule has 0 aliphatic rings. The summed E-state index contributed by atoms with van der Waals surface area (Å²) < 4.78 is 0. The normalized spacial score (nSPS) is 13.6. The summed E-state index contributed by atoms with van der Waals surface area (Å²) in [6.07, 6.45) is 0.974. The van der Waals surface area contributed by atoms with E-state index in [1.165, 1.54) is 5.69 Å². The van der Waals surface area contributed by atoms with Crippen LogP contribution in [0.1, 0.15) is 30.8 Å². The number of nitrogens with one attached hydrogen (secondary N) is 1. The molecule has 1 unspecified atom stereocenters. The van der Waals surface area contributed by atoms with Crippen LogP contribution in [0.5, 0.6) is 0 Å². The fraction of sp³-hybridized carbons (Fsp3) is 0.600. The molecule has 1 aromatic rings. The van der Waals surface area contributed by atoms with Crippen LogP contribution in [0.2, 0.25) is 0 Å². The van der Waals surface area contributed by atoms with E-state index in [1.807, 2.05) is 0 Å². The quantitative estimate of drug-likeness (QED) is 0.739. The molecule has 74 valence electrons. The third kappa shape index (κ3) is 2.86. The van der Waals surface area contributed by atoms with Crippen LogP contribution in [0.3, 0.4) is 0 Å². The Hall–Kier alpha value is -0.800. The molecule has 0 radical (unpaired) electrons. The van der Waals surface area contributed by atoms with Gasteiger partial charge in [0, 0.05) is 24.0 Å². The van der Waals surface area contributed by atoms with E-state index < -0.39 is 0 Å². The van der Waals surface area contributed by atoms with Crippen molar-refractivity contribution in [2.45, 2.75) is 25.9 Å². The molecule has 1 atom stereocenters. The minimum atomic E-state index is 0.149. The van der Waals surface area contributed by atoms with E-state index in [0.29, 0.717) is 0 Å². The fourth-order valence-corrected chi connectivity index (χ4v) is 1.33. The first-order chi connectivity index (χ1) is 6.13. The predicted octanol–water partition coefficient (Wildman–Crippen LogP) is 1.49. The van der Waals surface area contributed by atoms with Gasteiger partial charge in [0.1, 0.15) is 0 Å². The Morgan fingerprint density at radius 2 is 2.15 bits per heavy atom. The van der Waals surface area contributed by atoms with Crippen molar-refractivity contribution in [3.05, 3.63) is 23.5 Å². The van der Waals surface area contributed by atoms with Crippen molar-refractivity contribution in [3.63, 3.8) is 0 Å². The van der Waals surface area contributed by atoms with E-state index >= 15 is 0 Å². The zero-order valence-corrected chi connectivity index (χ0v) is 8.67. The van der Waals surface area contributed by atoms with Crippen LogP contribution in [0.4, 0.5) is 0 Å². The predicted molar refractivity (Wildman–Crippen MR) is 55.4 cm³/mol. The van der Waals surface area contributed by atoms with Crippen molar-refractivity contribution >= 4 is 0 Å². The second kappa shape index (κ2) is 4.44. The maximum absolute atomic E-state index is 5.89. The standard InChI is InChI=1S/C10H19N3/c1-4-9(11)10-6-5-8(12-10)7-13(2)3/h5-6,9,12H,4,7,11H2,1-3H3. The number of aromatic nitrogens is 1. The van der Waals surface area contributed by atoms with E-state index in [1.54, 1.807) is 0 Å². The van der Waals surface area contributed by atoms with Crippen LogP contribution >= 0.6 is 0 Å². The Morgan fingerprint density at radius 3 is 2.69 bits per heavy atom. The molecule has 0 saturated heterocycles. The van der Waals surface area contributed by atoms with Gasteiger partial charge in [-0.1, -0.05) is 6.92 Å². The largest absolute Gasteiger partial charge is 0.360 e. The zero-order valence-electron chi connectivity index (χ0n) is 8.67. The molecule has 0 bridgehead atoms. The van der Waals surface area contributed by atoms with Gasteiger partial charge in [-0.05, 0) is 32.6 Å². The van der Waals surface area contributed by atoms with Crippen molar-refractivity contribution in [2.75, 3.05) is 14.1 Å². The SMILES string of the molecule is CCC(N)c1ccc(CN(C)C)[nH]1. The van der Waals surface area contributed by atoms with Gasteiger partial charge in [-0.25, -0.2) is 0 Å². The van der Waals surface area contributed by atoms with E-state index in [0.717, 1.165) is 18.7 Å². The van der Waals surface area contributed by atoms with Crippen LogP contribution in [0, 0.1) is 0 Å². The zero-order chi connectivity index (χ0) is 9.84. The minimum absolute atomic E-state index is 0.149. The molecule has 3 N–H and O–H groups in total. The number of nitrogens with zero attached hydrogens (tertiary/aromatic N) is 1. The molecular weight excluding hydrogens is 162 g/mol. The molecule has 0 amide bonds. The Kier molecular flexibility index (Phi) is 3.51. The second-order valence-electron chi connectivity index (χ2n) is 3.69. The molecule has 0 aromatic carbocycles. The molecule has 0 aliphatic heterocycles. The van der Waals surface area contributed by atoms with Gasteiger partial charge in [0.15, 0.2) is 0 Å². The number of hydrogen-bond acceptors (Lipinski definition) is 2. The highest BCUT2D eigenvalue weighted by molar-refractivity contribution is 5.15. The highest BCUT2D eigenvalue weighted by atomic mass is 15.1. The number of nitrogens with two attached hydrogens (primary N) is 1. The maximum Gasteiger partial charge on any atom is 0.0445 e. The number of aromatic amines is 1. The lowest BCUT2D eigenvalue weighted by Crippen LogP contribution is -2.12. The fourth-order valence-electron chi connectivity index (χ4n) is 1.33. The van der Waals surface area contributed by atoms with E-state index in [4.69, 9.17) is 5.73 Å². The lowest BCUT2D eigenvalue weighted by Gasteiger charge is -2.08. The molecule has 0 fully saturated rings. The van der Waals surface area contributed by atoms with Gasteiger partial charge < -0.3 is 15.6 Å². The van der Waals surface area contributed by atoms with Gasteiger partial charge in [-0.3, -0.25) is 0 Å². The van der Waals surface area contributed by atoms with Gasteiger partial charge in [0.05, 0.1) is 0 Å². The molecular formula is C10H19N3. The molecule has 1 heterocycles. The summed E-state index contributed by atoms with van der Waals surface area (Å²) in [7, 11) is 4.11. The Balaban J connectivity index is 2.63. The first-order valence-corrected chi connectivity index (χ1v) is 4.71. The highest BCUT2D eigenvalue weighted by Gasteiger charge is 2.05. The van der Waals surface area contributed by atoms with E-state index in [9.17, 15) is 0 Å². The topological polar surface area (TPSA) is 45.0 Å². The van der Waals surface area contributed by atoms with Gasteiger partial charge in [0.2, 0.25) is 0 Å². The third-order valence-electron chi connectivity index (χ3n) is 2.09. The van der Waals surface area contributed by atoms with Crippen LogP contribution < -0.4 is 5.73 Å². The molecule has 1 rings (SSSR count). The lowest BCUT2D eigenvalue weighted by atomic mass is 10.2. The molecule has 13 heavy (non-hydrogen) atoms. The average Bonchev–Trinajstić information content (AvgIpc) is 2.50. The summed E-state index contributed by atoms with van der Waals surface area (Å²) in [4.78, 5) is 5.46. The summed E-state index contributed by atoms with van der Waals surface area (Å²) in [6, 6.07) is 4.33. The molecule has 0 spiro atoms. The average molecular weight is 181 g/mol. The lowest BCUT2D eigenvalue weighted by molar-refractivity contribution is 0.397. The van der Waals surface area contributed by atoms with Gasteiger partial charge >= 0.3 is 0 Å². The van der Waals surface area contributed by atoms with Gasteiger partial charge in [-0.2, -0.15) is 0 Å². The first kappa shape index (κ1) is 10.3. The summed E-state index contributed by atoms with van der Waals surface area (Å²) in [5, 5.41) is 0. The maximum atomic E-state index is 5.89. The smallest absolute Gasteiger partial charge is 0.0445 e. The van der Waals surface area contributed by atoms with Crippen LogP contribution in [0.25, 0.3) is 0 Å². The second-order valence-corrected chi connectivity index (χ2v) is 3.69. The Morgan fingerprint density at radius 1 is 1.46 bits per heavy atom. The number of H-pyrrole nitrogens is 1. The number of hydrogen-bond donors (Lipinski definition) is 2. The Labute approximate surface area is 79.9 Å². The summed E-state index contributed by atoms with van der Waals surface area (Å²) >= 11 is 0. The third-order valence-corrected chi connectivity index (χ3v) is 2.09. The first-order valence-electron chi connectivity index (χ1n) is 4.71. The molecule has 3 nitrogen and oxygen atoms in total. The Bertz CT molecular complexity index is 252. The van der Waals surface area contributed by atoms with Gasteiger partial charge in [-0.15, -0.1) is 0 Å². The van der Waals surface area contributed by atoms with Crippen LogP contribution in [0.15, 0.2) is 12.1 Å². The van der Waals surface area contributed by atoms with Crippen molar-refractivity contribution < 1.29 is 0 Å².